The maximum Gasteiger partial charge on any atom is 0.251 e. The van der Waals surface area contributed by atoms with Gasteiger partial charge in [0.05, 0.1) is 14.2 Å². The molecule has 134 valence electrons. The van der Waals surface area contributed by atoms with E-state index in [0.717, 1.165) is 11.1 Å². The van der Waals surface area contributed by atoms with E-state index in [1.165, 1.54) is 0 Å². The summed E-state index contributed by atoms with van der Waals surface area (Å²) in [5, 5.41) is 6.74. The molecule has 1 heterocycles. The Hall–Kier alpha value is -3.35. The Morgan fingerprint density at radius 3 is 2.50 bits per heavy atom. The molecule has 0 bridgehead atoms. The molecule has 0 aliphatic carbocycles. The van der Waals surface area contributed by atoms with Crippen molar-refractivity contribution < 1.29 is 18.8 Å². The molecule has 1 N–H and O–H groups in total. The van der Waals surface area contributed by atoms with Crippen LogP contribution >= 0.6 is 0 Å². The van der Waals surface area contributed by atoms with Gasteiger partial charge in [0.1, 0.15) is 11.5 Å². The standard InChI is InChI=1S/C19H19N3O4/c1-12-21-18(22-26-12)13-4-6-14(7-5-13)19(23)20-11-15-8-9-16(24-2)10-17(15)25-3/h4-10H,11H2,1-3H3,(H,20,23). The lowest BCUT2D eigenvalue weighted by molar-refractivity contribution is 0.0950. The molecule has 0 atom stereocenters. The lowest BCUT2D eigenvalue weighted by Gasteiger charge is -2.11. The average molecular weight is 353 g/mol. The van der Waals surface area contributed by atoms with E-state index in [0.29, 0.717) is 35.3 Å². The van der Waals surface area contributed by atoms with E-state index in [4.69, 9.17) is 14.0 Å². The van der Waals surface area contributed by atoms with Gasteiger partial charge in [0.2, 0.25) is 11.7 Å². The molecule has 3 rings (SSSR count). The maximum absolute atomic E-state index is 12.4. The number of aromatic nitrogens is 2. The fourth-order valence-corrected chi connectivity index (χ4v) is 2.46. The smallest absolute Gasteiger partial charge is 0.251 e. The molecule has 0 aliphatic heterocycles. The number of hydrogen-bond acceptors (Lipinski definition) is 6. The van der Waals surface area contributed by atoms with Crippen LogP contribution in [0.3, 0.4) is 0 Å². The van der Waals surface area contributed by atoms with Crippen molar-refractivity contribution >= 4 is 5.91 Å². The number of carbonyl (C=O) groups is 1. The van der Waals surface area contributed by atoms with Gasteiger partial charge in [-0.2, -0.15) is 4.98 Å². The van der Waals surface area contributed by atoms with Gasteiger partial charge >= 0.3 is 0 Å². The van der Waals surface area contributed by atoms with Gasteiger partial charge in [-0.15, -0.1) is 0 Å². The minimum absolute atomic E-state index is 0.182. The van der Waals surface area contributed by atoms with Gasteiger partial charge in [-0.25, -0.2) is 0 Å². The van der Waals surface area contributed by atoms with Crippen LogP contribution in [-0.2, 0) is 6.54 Å². The summed E-state index contributed by atoms with van der Waals surface area (Å²) < 4.78 is 15.5. The molecule has 7 nitrogen and oxygen atoms in total. The summed E-state index contributed by atoms with van der Waals surface area (Å²) in [4.78, 5) is 16.5. The quantitative estimate of drug-likeness (QED) is 0.733. The van der Waals surface area contributed by atoms with Crippen LogP contribution in [0.25, 0.3) is 11.4 Å². The number of carbonyl (C=O) groups excluding carboxylic acids is 1. The average Bonchev–Trinajstić information content (AvgIpc) is 3.12. The van der Waals surface area contributed by atoms with Crippen molar-refractivity contribution in [2.75, 3.05) is 14.2 Å². The fourth-order valence-electron chi connectivity index (χ4n) is 2.46. The Balaban J connectivity index is 1.67. The van der Waals surface area contributed by atoms with Crippen molar-refractivity contribution in [3.8, 4) is 22.9 Å². The second kappa shape index (κ2) is 7.69. The van der Waals surface area contributed by atoms with E-state index in [1.54, 1.807) is 51.5 Å². The number of benzene rings is 2. The molecule has 0 fully saturated rings. The normalized spacial score (nSPS) is 10.4. The van der Waals surface area contributed by atoms with Crippen LogP contribution in [0.2, 0.25) is 0 Å². The first-order valence-electron chi connectivity index (χ1n) is 8.00. The van der Waals surface area contributed by atoms with Crippen molar-refractivity contribution in [1.29, 1.82) is 0 Å². The van der Waals surface area contributed by atoms with E-state index in [9.17, 15) is 4.79 Å². The topological polar surface area (TPSA) is 86.5 Å². The van der Waals surface area contributed by atoms with E-state index in [2.05, 4.69) is 15.5 Å². The third kappa shape index (κ3) is 3.83. The third-order valence-electron chi connectivity index (χ3n) is 3.87. The summed E-state index contributed by atoms with van der Waals surface area (Å²) in [6.45, 7) is 2.07. The van der Waals surface area contributed by atoms with Crippen molar-refractivity contribution in [1.82, 2.24) is 15.5 Å². The van der Waals surface area contributed by atoms with Crippen LogP contribution < -0.4 is 14.8 Å². The van der Waals surface area contributed by atoms with Crippen LogP contribution in [-0.4, -0.2) is 30.3 Å². The van der Waals surface area contributed by atoms with Gasteiger partial charge in [0, 0.05) is 36.2 Å². The second-order valence-electron chi connectivity index (χ2n) is 5.57. The van der Waals surface area contributed by atoms with Gasteiger partial charge in [0.15, 0.2) is 0 Å². The zero-order valence-electron chi connectivity index (χ0n) is 14.8. The Kier molecular flexibility index (Phi) is 5.17. The predicted molar refractivity (Wildman–Crippen MR) is 95.2 cm³/mol. The van der Waals surface area contributed by atoms with Gasteiger partial charge in [0.25, 0.3) is 5.91 Å². The summed E-state index contributed by atoms with van der Waals surface area (Å²) in [7, 11) is 3.17. The van der Waals surface area contributed by atoms with Crippen LogP contribution in [0.5, 0.6) is 11.5 Å². The predicted octanol–water partition coefficient (Wildman–Crippen LogP) is 2.99. The zero-order chi connectivity index (χ0) is 18.5. The number of hydrogen-bond donors (Lipinski definition) is 1. The Bertz CT molecular complexity index is 903. The first-order chi connectivity index (χ1) is 12.6. The Labute approximate surface area is 150 Å². The van der Waals surface area contributed by atoms with Crippen molar-refractivity contribution in [2.45, 2.75) is 13.5 Å². The number of ether oxygens (including phenoxy) is 2. The molecule has 0 saturated carbocycles. The highest BCUT2D eigenvalue weighted by molar-refractivity contribution is 5.94. The van der Waals surface area contributed by atoms with Crippen LogP contribution in [0.4, 0.5) is 0 Å². The third-order valence-corrected chi connectivity index (χ3v) is 3.87. The minimum Gasteiger partial charge on any atom is -0.497 e. The molecule has 0 radical (unpaired) electrons. The second-order valence-corrected chi connectivity index (χ2v) is 5.57. The lowest BCUT2D eigenvalue weighted by atomic mass is 10.1. The van der Waals surface area contributed by atoms with E-state index in [-0.39, 0.29) is 5.91 Å². The fraction of sp³-hybridized carbons (Fsp3) is 0.211. The summed E-state index contributed by atoms with van der Waals surface area (Å²) in [5.74, 6) is 2.17. The Morgan fingerprint density at radius 1 is 1.12 bits per heavy atom. The van der Waals surface area contributed by atoms with Crippen molar-refractivity contribution in [3.05, 3.63) is 59.5 Å². The van der Waals surface area contributed by atoms with E-state index >= 15 is 0 Å². The number of amides is 1. The Morgan fingerprint density at radius 2 is 1.88 bits per heavy atom. The molecule has 0 saturated heterocycles. The van der Waals surface area contributed by atoms with E-state index in [1.807, 2.05) is 12.1 Å². The monoisotopic (exact) mass is 353 g/mol. The first-order valence-corrected chi connectivity index (χ1v) is 8.00. The van der Waals surface area contributed by atoms with Crippen LogP contribution in [0.15, 0.2) is 47.0 Å². The number of aryl methyl sites for hydroxylation is 1. The molecule has 0 aliphatic rings. The SMILES string of the molecule is COc1ccc(CNC(=O)c2ccc(-c3noc(C)n3)cc2)c(OC)c1. The van der Waals surface area contributed by atoms with Crippen LogP contribution in [0.1, 0.15) is 21.8 Å². The van der Waals surface area contributed by atoms with Crippen molar-refractivity contribution in [3.63, 3.8) is 0 Å². The molecule has 3 aromatic rings. The summed E-state index contributed by atoms with van der Waals surface area (Å²) in [5.41, 5.74) is 2.19. The highest BCUT2D eigenvalue weighted by Gasteiger charge is 2.11. The molecule has 0 unspecified atom stereocenters. The number of rotatable bonds is 6. The largest absolute Gasteiger partial charge is 0.497 e. The molecular formula is C19H19N3O4. The number of nitrogens with one attached hydrogen (secondary N) is 1. The highest BCUT2D eigenvalue weighted by atomic mass is 16.5. The molecule has 1 aromatic heterocycles. The highest BCUT2D eigenvalue weighted by Crippen LogP contribution is 2.24. The molecular weight excluding hydrogens is 334 g/mol. The first kappa shape index (κ1) is 17.5. The molecule has 1 amide bonds. The van der Waals surface area contributed by atoms with Gasteiger partial charge in [-0.05, 0) is 24.3 Å². The van der Waals surface area contributed by atoms with Gasteiger partial charge in [-0.1, -0.05) is 17.3 Å². The number of nitrogens with zero attached hydrogens (tertiary/aromatic N) is 2. The van der Waals surface area contributed by atoms with Gasteiger partial charge in [-0.3, -0.25) is 4.79 Å². The van der Waals surface area contributed by atoms with Gasteiger partial charge < -0.3 is 19.3 Å². The molecule has 26 heavy (non-hydrogen) atoms. The molecule has 7 heteroatoms. The van der Waals surface area contributed by atoms with Crippen LogP contribution in [0, 0.1) is 6.92 Å². The van der Waals surface area contributed by atoms with Crippen molar-refractivity contribution in [2.24, 2.45) is 0 Å². The summed E-state index contributed by atoms with van der Waals surface area (Å²) in [6.07, 6.45) is 0. The molecule has 2 aromatic carbocycles. The van der Waals surface area contributed by atoms with E-state index < -0.39 is 0 Å². The zero-order valence-corrected chi connectivity index (χ0v) is 14.8. The number of methoxy groups -OCH3 is 2. The summed E-state index contributed by atoms with van der Waals surface area (Å²) in [6, 6.07) is 12.5. The minimum atomic E-state index is -0.182. The summed E-state index contributed by atoms with van der Waals surface area (Å²) >= 11 is 0. The maximum atomic E-state index is 12.4. The lowest BCUT2D eigenvalue weighted by Crippen LogP contribution is -2.23. The molecule has 0 spiro atoms.